The lowest BCUT2D eigenvalue weighted by atomic mass is 10.3. The van der Waals surface area contributed by atoms with Crippen LogP contribution in [-0.2, 0) is 0 Å². The highest BCUT2D eigenvalue weighted by atomic mass is 16.2. The normalized spacial score (nSPS) is 10.3. The fourth-order valence-electron chi connectivity index (χ4n) is 1.47. The number of carbonyl (C=O) groups excluding carboxylic acids is 1. The highest BCUT2D eigenvalue weighted by molar-refractivity contribution is 5.92. The molecule has 0 aromatic carbocycles. The quantitative estimate of drug-likeness (QED) is 0.768. The van der Waals surface area contributed by atoms with Crippen LogP contribution in [0.15, 0.2) is 6.07 Å². The summed E-state index contributed by atoms with van der Waals surface area (Å²) >= 11 is 0. The maximum absolute atomic E-state index is 11.9. The van der Waals surface area contributed by atoms with Gasteiger partial charge in [-0.1, -0.05) is 13.8 Å². The molecule has 84 valence electrons. The summed E-state index contributed by atoms with van der Waals surface area (Å²) in [5.74, 6) is 0.328. The molecule has 0 spiro atoms. The van der Waals surface area contributed by atoms with Gasteiger partial charge in [0, 0.05) is 19.2 Å². The van der Waals surface area contributed by atoms with E-state index < -0.39 is 0 Å². The lowest BCUT2D eigenvalue weighted by Gasteiger charge is -2.20. The van der Waals surface area contributed by atoms with E-state index in [0.717, 1.165) is 25.9 Å². The Kier molecular flexibility index (Phi) is 4.15. The number of aromatic nitrogens is 2. The Hall–Kier alpha value is -1.52. The fraction of sp³-hybridized carbons (Fsp3) is 0.600. The summed E-state index contributed by atoms with van der Waals surface area (Å²) in [6.07, 6.45) is 1.91. The van der Waals surface area contributed by atoms with Crippen LogP contribution in [0.3, 0.4) is 0 Å². The maximum Gasteiger partial charge on any atom is 0.271 e. The van der Waals surface area contributed by atoms with Gasteiger partial charge in [0.05, 0.1) is 0 Å². The van der Waals surface area contributed by atoms with Crippen LogP contribution in [0, 0.1) is 0 Å². The third-order valence-electron chi connectivity index (χ3n) is 2.10. The van der Waals surface area contributed by atoms with Crippen LogP contribution in [0.25, 0.3) is 0 Å². The van der Waals surface area contributed by atoms with E-state index in [0.29, 0.717) is 11.5 Å². The van der Waals surface area contributed by atoms with Crippen LogP contribution in [0.5, 0.6) is 0 Å². The second-order valence-electron chi connectivity index (χ2n) is 3.50. The molecule has 0 unspecified atom stereocenters. The maximum atomic E-state index is 11.9. The summed E-state index contributed by atoms with van der Waals surface area (Å²) in [6.45, 7) is 5.64. The summed E-state index contributed by atoms with van der Waals surface area (Å²) < 4.78 is 0. The van der Waals surface area contributed by atoms with E-state index in [-0.39, 0.29) is 5.91 Å². The van der Waals surface area contributed by atoms with Gasteiger partial charge < -0.3 is 10.6 Å². The molecule has 1 rings (SSSR count). The zero-order valence-electron chi connectivity index (χ0n) is 9.29. The SMILES string of the molecule is CCCN(CCC)C(=O)c1cc(N)n[nH]1. The van der Waals surface area contributed by atoms with Gasteiger partial charge in [0.15, 0.2) is 0 Å². The minimum atomic E-state index is -0.0251. The van der Waals surface area contributed by atoms with E-state index >= 15 is 0 Å². The number of amides is 1. The van der Waals surface area contributed by atoms with Gasteiger partial charge in [0.1, 0.15) is 11.5 Å². The molecule has 0 radical (unpaired) electrons. The first-order valence-electron chi connectivity index (χ1n) is 5.29. The fourth-order valence-corrected chi connectivity index (χ4v) is 1.47. The van der Waals surface area contributed by atoms with Gasteiger partial charge in [0.25, 0.3) is 5.91 Å². The molecule has 5 heteroatoms. The largest absolute Gasteiger partial charge is 0.382 e. The second kappa shape index (κ2) is 5.38. The molecule has 0 aliphatic carbocycles. The number of nitrogen functional groups attached to an aromatic ring is 1. The number of hydrogen-bond acceptors (Lipinski definition) is 3. The minimum absolute atomic E-state index is 0.0251. The van der Waals surface area contributed by atoms with E-state index in [4.69, 9.17) is 5.73 Å². The lowest BCUT2D eigenvalue weighted by molar-refractivity contribution is 0.0749. The van der Waals surface area contributed by atoms with Gasteiger partial charge in [-0.3, -0.25) is 9.89 Å². The summed E-state index contributed by atoms with van der Waals surface area (Å²) in [4.78, 5) is 13.7. The molecule has 0 bridgehead atoms. The molecule has 15 heavy (non-hydrogen) atoms. The molecule has 0 atom stereocenters. The van der Waals surface area contributed by atoms with Crippen molar-refractivity contribution in [1.29, 1.82) is 0 Å². The van der Waals surface area contributed by atoms with Gasteiger partial charge in [-0.25, -0.2) is 0 Å². The van der Waals surface area contributed by atoms with Crippen LogP contribution in [0.4, 0.5) is 5.82 Å². The zero-order chi connectivity index (χ0) is 11.3. The van der Waals surface area contributed by atoms with E-state index in [1.807, 2.05) is 4.90 Å². The third-order valence-corrected chi connectivity index (χ3v) is 2.10. The molecule has 1 aromatic rings. The predicted octanol–water partition coefficient (Wildman–Crippen LogP) is 1.25. The number of hydrogen-bond donors (Lipinski definition) is 2. The van der Waals surface area contributed by atoms with E-state index in [2.05, 4.69) is 24.0 Å². The number of anilines is 1. The average Bonchev–Trinajstić information content (AvgIpc) is 2.63. The first-order chi connectivity index (χ1) is 7.19. The first kappa shape index (κ1) is 11.6. The monoisotopic (exact) mass is 210 g/mol. The van der Waals surface area contributed by atoms with Crippen molar-refractivity contribution in [3.63, 3.8) is 0 Å². The van der Waals surface area contributed by atoms with Gasteiger partial charge in [-0.2, -0.15) is 5.10 Å². The first-order valence-corrected chi connectivity index (χ1v) is 5.29. The zero-order valence-corrected chi connectivity index (χ0v) is 9.29. The van der Waals surface area contributed by atoms with E-state index in [1.165, 1.54) is 0 Å². The minimum Gasteiger partial charge on any atom is -0.382 e. The van der Waals surface area contributed by atoms with Crippen molar-refractivity contribution < 1.29 is 4.79 Å². The van der Waals surface area contributed by atoms with Crippen LogP contribution >= 0.6 is 0 Å². The highest BCUT2D eigenvalue weighted by Gasteiger charge is 2.15. The second-order valence-corrected chi connectivity index (χ2v) is 3.50. The molecular weight excluding hydrogens is 192 g/mol. The lowest BCUT2D eigenvalue weighted by Crippen LogP contribution is -2.32. The predicted molar refractivity (Wildman–Crippen MR) is 59.5 cm³/mol. The number of nitrogens with two attached hydrogens (primary N) is 1. The Morgan fingerprint density at radius 3 is 2.47 bits per heavy atom. The van der Waals surface area contributed by atoms with Crippen molar-refractivity contribution in [2.75, 3.05) is 18.8 Å². The number of aromatic amines is 1. The molecule has 0 aliphatic heterocycles. The van der Waals surface area contributed by atoms with E-state index in [9.17, 15) is 4.79 Å². The Bertz CT molecular complexity index is 315. The molecule has 1 heterocycles. The molecule has 0 fully saturated rings. The molecular formula is C10H18N4O. The van der Waals surface area contributed by atoms with Crippen molar-refractivity contribution in [2.45, 2.75) is 26.7 Å². The van der Waals surface area contributed by atoms with Crippen LogP contribution in [-0.4, -0.2) is 34.1 Å². The number of rotatable bonds is 5. The Labute approximate surface area is 89.6 Å². The smallest absolute Gasteiger partial charge is 0.271 e. The molecule has 0 saturated heterocycles. The van der Waals surface area contributed by atoms with Gasteiger partial charge >= 0.3 is 0 Å². The van der Waals surface area contributed by atoms with Gasteiger partial charge in [-0.05, 0) is 12.8 Å². The van der Waals surface area contributed by atoms with Crippen molar-refractivity contribution in [3.8, 4) is 0 Å². The summed E-state index contributed by atoms with van der Waals surface area (Å²) in [7, 11) is 0. The number of nitrogens with one attached hydrogen (secondary N) is 1. The third kappa shape index (κ3) is 2.97. The molecule has 5 nitrogen and oxygen atoms in total. The Balaban J connectivity index is 2.71. The molecule has 1 amide bonds. The van der Waals surface area contributed by atoms with Crippen molar-refractivity contribution in [1.82, 2.24) is 15.1 Å². The number of nitrogens with zero attached hydrogens (tertiary/aromatic N) is 2. The molecule has 1 aromatic heterocycles. The summed E-state index contributed by atoms with van der Waals surface area (Å²) in [5, 5.41) is 6.38. The summed E-state index contributed by atoms with van der Waals surface area (Å²) in [5.41, 5.74) is 5.92. The van der Waals surface area contributed by atoms with Crippen molar-refractivity contribution in [2.24, 2.45) is 0 Å². The highest BCUT2D eigenvalue weighted by Crippen LogP contribution is 2.06. The van der Waals surface area contributed by atoms with E-state index in [1.54, 1.807) is 6.07 Å². The Morgan fingerprint density at radius 2 is 2.07 bits per heavy atom. The van der Waals surface area contributed by atoms with Crippen LogP contribution in [0.1, 0.15) is 37.2 Å². The van der Waals surface area contributed by atoms with Crippen molar-refractivity contribution in [3.05, 3.63) is 11.8 Å². The number of carbonyl (C=O) groups is 1. The Morgan fingerprint density at radius 1 is 1.47 bits per heavy atom. The molecule has 0 aliphatic rings. The number of H-pyrrole nitrogens is 1. The molecule has 3 N–H and O–H groups in total. The van der Waals surface area contributed by atoms with Gasteiger partial charge in [-0.15, -0.1) is 0 Å². The standard InChI is InChI=1S/C10H18N4O/c1-3-5-14(6-4-2)10(15)8-7-9(11)13-12-8/h7H,3-6H2,1-2H3,(H3,11,12,13). The van der Waals surface area contributed by atoms with Gasteiger partial charge in [0.2, 0.25) is 0 Å². The van der Waals surface area contributed by atoms with Crippen molar-refractivity contribution >= 4 is 11.7 Å². The van der Waals surface area contributed by atoms with Crippen LogP contribution in [0.2, 0.25) is 0 Å². The summed E-state index contributed by atoms with van der Waals surface area (Å²) in [6, 6.07) is 1.57. The van der Waals surface area contributed by atoms with Crippen LogP contribution < -0.4 is 5.73 Å². The molecule has 0 saturated carbocycles. The average molecular weight is 210 g/mol. The topological polar surface area (TPSA) is 75.0 Å².